The van der Waals surface area contributed by atoms with Crippen molar-refractivity contribution in [3.63, 3.8) is 0 Å². The number of likely N-dealkylation sites (N-methyl/N-ethyl adjacent to an activating group) is 1. The van der Waals surface area contributed by atoms with Crippen molar-refractivity contribution in [3.8, 4) is 0 Å². The first-order chi connectivity index (χ1) is 14.0. The van der Waals surface area contributed by atoms with Gasteiger partial charge in [-0.3, -0.25) is 9.98 Å². The number of rotatable bonds is 11. The minimum Gasteiger partial charge on any atom is -0.404 e. The first-order valence-electron chi connectivity index (χ1n) is 10.5. The van der Waals surface area contributed by atoms with E-state index in [0.29, 0.717) is 18.3 Å². The van der Waals surface area contributed by atoms with Crippen LogP contribution in [0.15, 0.2) is 51.0 Å². The molecule has 0 aliphatic rings. The Kier molecular flexibility index (Phi) is 12.1. The summed E-state index contributed by atoms with van der Waals surface area (Å²) in [6.07, 6.45) is 6.09. The molecule has 0 amide bonds. The van der Waals surface area contributed by atoms with E-state index in [4.69, 9.17) is 15.7 Å². The average molecular weight is 416 g/mol. The molecule has 0 aliphatic heterocycles. The van der Waals surface area contributed by atoms with E-state index in [0.717, 1.165) is 37.1 Å². The molecular formula is C23H38N5P. The fourth-order valence-corrected chi connectivity index (χ4v) is 3.76. The molecule has 0 aromatic heterocycles. The fraction of sp³-hybridized carbons (Fsp3) is 0.522. The van der Waals surface area contributed by atoms with Crippen molar-refractivity contribution < 1.29 is 0 Å². The summed E-state index contributed by atoms with van der Waals surface area (Å²) in [5, 5.41) is 0. The Bertz CT molecular complexity index is 724. The zero-order valence-electron chi connectivity index (χ0n) is 18.6. The van der Waals surface area contributed by atoms with Crippen molar-refractivity contribution in [3.05, 3.63) is 47.2 Å². The predicted octanol–water partition coefficient (Wildman–Crippen LogP) is 4.47. The maximum absolute atomic E-state index is 6.01. The minimum atomic E-state index is 0.567. The third-order valence-electron chi connectivity index (χ3n) is 5.09. The Labute approximate surface area is 179 Å². The summed E-state index contributed by atoms with van der Waals surface area (Å²) in [6, 6.07) is 8.37. The zero-order valence-corrected chi connectivity index (χ0v) is 19.7. The van der Waals surface area contributed by atoms with Crippen molar-refractivity contribution in [2.45, 2.75) is 46.6 Å². The molecule has 0 fully saturated rings. The highest BCUT2D eigenvalue weighted by atomic mass is 31.0. The summed E-state index contributed by atoms with van der Waals surface area (Å²) in [7, 11) is 4.84. The van der Waals surface area contributed by atoms with Gasteiger partial charge in [-0.05, 0) is 56.6 Å². The molecule has 29 heavy (non-hydrogen) atoms. The van der Waals surface area contributed by atoms with Crippen LogP contribution in [-0.4, -0.2) is 49.6 Å². The molecule has 2 N–H and O–H groups in total. The van der Waals surface area contributed by atoms with Gasteiger partial charge in [-0.2, -0.15) is 0 Å². The molecule has 0 saturated heterocycles. The lowest BCUT2D eigenvalue weighted by Crippen LogP contribution is -2.31. The molecule has 6 heteroatoms. The van der Waals surface area contributed by atoms with Crippen LogP contribution in [0.3, 0.4) is 0 Å². The van der Waals surface area contributed by atoms with Gasteiger partial charge in [-0.15, -0.1) is 9.24 Å². The summed E-state index contributed by atoms with van der Waals surface area (Å²) in [6.45, 7) is 12.2. The van der Waals surface area contributed by atoms with Crippen molar-refractivity contribution in [1.82, 2.24) is 4.90 Å². The van der Waals surface area contributed by atoms with Crippen LogP contribution in [0.5, 0.6) is 0 Å². The van der Waals surface area contributed by atoms with E-state index in [9.17, 15) is 0 Å². The summed E-state index contributed by atoms with van der Waals surface area (Å²) in [5.74, 6) is 2.04. The molecule has 2 atom stereocenters. The van der Waals surface area contributed by atoms with Gasteiger partial charge in [-0.25, -0.2) is 4.99 Å². The number of hydrogen-bond acceptors (Lipinski definition) is 3. The largest absolute Gasteiger partial charge is 0.404 e. The number of benzene rings is 1. The lowest BCUT2D eigenvalue weighted by Gasteiger charge is -2.24. The number of hydrogen-bond donors (Lipinski definition) is 1. The number of amidine groups is 2. The standard InChI is InChI=1S/C23H38N5P/c1-6-19(13-15-29)12-14-27-22(25-4)21(16-24)23(26-7-2)28(5)17-20-11-9-8-10-18(20)3/h8-11,16,19H,4,6-7,12-15,17,24,29H2,1-3,5H3. The van der Waals surface area contributed by atoms with E-state index < -0.39 is 0 Å². The third kappa shape index (κ3) is 8.10. The second-order valence-electron chi connectivity index (χ2n) is 7.16. The van der Waals surface area contributed by atoms with Crippen molar-refractivity contribution >= 4 is 27.6 Å². The number of aliphatic imine (C=N–C) groups is 3. The van der Waals surface area contributed by atoms with Gasteiger partial charge in [0, 0.05) is 32.9 Å². The molecule has 1 rings (SSSR count). The normalized spacial score (nSPS) is 14.0. The van der Waals surface area contributed by atoms with Gasteiger partial charge in [0.05, 0.1) is 5.57 Å². The second kappa shape index (κ2) is 14.1. The highest BCUT2D eigenvalue weighted by molar-refractivity contribution is 7.16. The quantitative estimate of drug-likeness (QED) is 0.329. The van der Waals surface area contributed by atoms with Gasteiger partial charge < -0.3 is 10.6 Å². The lowest BCUT2D eigenvalue weighted by molar-refractivity contribution is 0.466. The third-order valence-corrected chi connectivity index (χ3v) is 5.42. The Morgan fingerprint density at radius 1 is 1.24 bits per heavy atom. The molecule has 0 saturated carbocycles. The molecule has 0 heterocycles. The first kappa shape index (κ1) is 25.0. The summed E-state index contributed by atoms with van der Waals surface area (Å²) >= 11 is 0. The van der Waals surface area contributed by atoms with E-state index in [-0.39, 0.29) is 0 Å². The van der Waals surface area contributed by atoms with Crippen LogP contribution in [0, 0.1) is 12.8 Å². The molecule has 1 aromatic rings. The number of nitrogens with two attached hydrogens (primary N) is 1. The van der Waals surface area contributed by atoms with E-state index >= 15 is 0 Å². The molecule has 1 aromatic carbocycles. The monoisotopic (exact) mass is 415 g/mol. The Morgan fingerprint density at radius 2 is 1.97 bits per heavy atom. The lowest BCUT2D eigenvalue weighted by atomic mass is 10.00. The molecular weight excluding hydrogens is 377 g/mol. The van der Waals surface area contributed by atoms with Crippen LogP contribution in [0.2, 0.25) is 0 Å². The van der Waals surface area contributed by atoms with Gasteiger partial charge in [-0.1, -0.05) is 37.6 Å². The van der Waals surface area contributed by atoms with Gasteiger partial charge in [0.1, 0.15) is 5.84 Å². The van der Waals surface area contributed by atoms with Crippen molar-refractivity contribution in [1.29, 1.82) is 0 Å². The zero-order chi connectivity index (χ0) is 21.6. The highest BCUT2D eigenvalue weighted by Gasteiger charge is 2.18. The van der Waals surface area contributed by atoms with Gasteiger partial charge >= 0.3 is 0 Å². The number of nitrogens with zero attached hydrogens (tertiary/aromatic N) is 4. The number of aryl methyl sites for hydroxylation is 1. The minimum absolute atomic E-state index is 0.567. The summed E-state index contributed by atoms with van der Waals surface area (Å²) in [5.41, 5.74) is 9.25. The molecule has 0 bridgehead atoms. The van der Waals surface area contributed by atoms with Gasteiger partial charge in [0.25, 0.3) is 0 Å². The maximum Gasteiger partial charge on any atom is 0.159 e. The van der Waals surface area contributed by atoms with Crippen LogP contribution in [0.1, 0.15) is 44.2 Å². The van der Waals surface area contributed by atoms with Crippen LogP contribution in [0.25, 0.3) is 0 Å². The topological polar surface area (TPSA) is 66.3 Å². The van der Waals surface area contributed by atoms with Crippen LogP contribution >= 0.6 is 9.24 Å². The predicted molar refractivity (Wildman–Crippen MR) is 132 cm³/mol. The van der Waals surface area contributed by atoms with Crippen molar-refractivity contribution in [2.75, 3.05) is 26.3 Å². The van der Waals surface area contributed by atoms with Gasteiger partial charge in [0.15, 0.2) is 5.84 Å². The average Bonchev–Trinajstić information content (AvgIpc) is 2.73. The molecule has 5 nitrogen and oxygen atoms in total. The van der Waals surface area contributed by atoms with E-state index in [1.807, 2.05) is 14.0 Å². The van der Waals surface area contributed by atoms with Crippen LogP contribution < -0.4 is 5.73 Å². The summed E-state index contributed by atoms with van der Waals surface area (Å²) in [4.78, 5) is 15.7. The molecule has 0 aliphatic carbocycles. The SMILES string of the molecule is C=NC(=NCCC(CC)CCP)C(=CN)C(=NCC)N(C)Cc1ccccc1C. The van der Waals surface area contributed by atoms with Crippen LogP contribution in [0.4, 0.5) is 0 Å². The van der Waals surface area contributed by atoms with Crippen LogP contribution in [-0.2, 0) is 6.54 Å². The molecule has 0 spiro atoms. The summed E-state index contributed by atoms with van der Waals surface area (Å²) < 4.78 is 0. The molecule has 0 radical (unpaired) electrons. The van der Waals surface area contributed by atoms with E-state index in [2.05, 4.69) is 64.0 Å². The molecule has 160 valence electrons. The second-order valence-corrected chi connectivity index (χ2v) is 7.74. The first-order valence-corrected chi connectivity index (χ1v) is 11.3. The highest BCUT2D eigenvalue weighted by Crippen LogP contribution is 2.16. The maximum atomic E-state index is 6.01. The van der Waals surface area contributed by atoms with E-state index in [1.54, 1.807) is 6.20 Å². The van der Waals surface area contributed by atoms with Gasteiger partial charge in [0.2, 0.25) is 0 Å². The fourth-order valence-electron chi connectivity index (χ4n) is 3.29. The smallest absolute Gasteiger partial charge is 0.159 e. The van der Waals surface area contributed by atoms with E-state index in [1.165, 1.54) is 24.0 Å². The Hall–Kier alpha value is -2.00. The Morgan fingerprint density at radius 3 is 2.52 bits per heavy atom. The molecule has 2 unspecified atom stereocenters. The Balaban J connectivity index is 3.03. The van der Waals surface area contributed by atoms with Crippen molar-refractivity contribution in [2.24, 2.45) is 26.6 Å².